The van der Waals surface area contributed by atoms with Crippen LogP contribution in [0.15, 0.2) is 0 Å². The molecule has 0 aliphatic heterocycles. The topological polar surface area (TPSA) is 86.6 Å². The molecule has 1 aliphatic rings. The molecule has 3 N–H and O–H groups in total. The van der Waals surface area contributed by atoms with Crippen molar-refractivity contribution in [3.8, 4) is 0 Å². The van der Waals surface area contributed by atoms with Crippen LogP contribution >= 0.6 is 0 Å². The maximum atomic E-state index is 13.4. The lowest BCUT2D eigenvalue weighted by Crippen LogP contribution is -2.62. The lowest BCUT2D eigenvalue weighted by Gasteiger charge is -2.41. The first kappa shape index (κ1) is 12.8. The molecule has 1 fully saturated rings. The molecule has 0 spiro atoms. The molecule has 0 aromatic heterocycles. The Kier molecular flexibility index (Phi) is 3.18. The summed E-state index contributed by atoms with van der Waals surface area (Å²) >= 11 is 0. The van der Waals surface area contributed by atoms with E-state index in [-0.39, 0.29) is 12.8 Å². The first-order chi connectivity index (χ1) is 7.21. The summed E-state index contributed by atoms with van der Waals surface area (Å²) < 4.78 is 26.8. The average Bonchev–Trinajstić information content (AvgIpc) is 2.13. The fourth-order valence-electron chi connectivity index (χ4n) is 1.39. The molecule has 0 heterocycles. The van der Waals surface area contributed by atoms with Gasteiger partial charge in [-0.15, -0.1) is 0 Å². The summed E-state index contributed by atoms with van der Waals surface area (Å²) in [5.74, 6) is -7.11. The molecule has 0 unspecified atom stereocenters. The van der Waals surface area contributed by atoms with Gasteiger partial charge in [-0.05, 0) is 26.2 Å². The zero-order valence-corrected chi connectivity index (χ0v) is 8.67. The van der Waals surface area contributed by atoms with Crippen LogP contribution in [-0.2, 0) is 9.59 Å². The number of alkyl halides is 2. The maximum absolute atomic E-state index is 13.4. The number of carbonyl (C=O) groups is 2. The van der Waals surface area contributed by atoms with E-state index in [1.807, 2.05) is 0 Å². The third-order valence-electron chi connectivity index (χ3n) is 2.77. The van der Waals surface area contributed by atoms with Crippen LogP contribution in [-0.4, -0.2) is 39.7 Å². The fourth-order valence-corrected chi connectivity index (χ4v) is 1.39. The predicted molar refractivity (Wildman–Crippen MR) is 49.0 cm³/mol. The molecule has 92 valence electrons. The van der Waals surface area contributed by atoms with E-state index in [1.54, 1.807) is 5.32 Å². The van der Waals surface area contributed by atoms with Crippen LogP contribution in [0.2, 0.25) is 0 Å². The van der Waals surface area contributed by atoms with E-state index in [0.29, 0.717) is 6.42 Å². The van der Waals surface area contributed by atoms with Gasteiger partial charge in [-0.1, -0.05) is 0 Å². The number of aliphatic hydroxyl groups is 1. The molecule has 1 rings (SSSR count). The van der Waals surface area contributed by atoms with Gasteiger partial charge >= 0.3 is 11.9 Å². The Balaban J connectivity index is 2.69. The van der Waals surface area contributed by atoms with Crippen LogP contribution < -0.4 is 5.32 Å². The molecule has 5 nitrogen and oxygen atoms in total. The zero-order valence-electron chi connectivity index (χ0n) is 8.67. The molecule has 0 radical (unpaired) electrons. The van der Waals surface area contributed by atoms with Crippen LogP contribution in [0.3, 0.4) is 0 Å². The largest absolute Gasteiger partial charge is 0.480 e. The van der Waals surface area contributed by atoms with E-state index in [9.17, 15) is 23.5 Å². The van der Waals surface area contributed by atoms with Crippen LogP contribution in [0.4, 0.5) is 8.78 Å². The van der Waals surface area contributed by atoms with Gasteiger partial charge in [0.1, 0.15) is 11.6 Å². The van der Waals surface area contributed by atoms with Gasteiger partial charge in [0.25, 0.3) is 5.91 Å². The highest BCUT2D eigenvalue weighted by molar-refractivity contribution is 5.89. The van der Waals surface area contributed by atoms with Crippen LogP contribution in [0.1, 0.15) is 26.2 Å². The second kappa shape index (κ2) is 3.97. The van der Waals surface area contributed by atoms with Crippen LogP contribution in [0.5, 0.6) is 0 Å². The summed E-state index contributed by atoms with van der Waals surface area (Å²) in [6.45, 7) is 1.07. The van der Waals surface area contributed by atoms with Crippen LogP contribution in [0, 0.1) is 0 Å². The number of hydrogen-bond acceptors (Lipinski definition) is 3. The molecular formula is C9H13F2NO4. The number of carboxylic acids is 1. The predicted octanol–water partition coefficient (Wildman–Crippen LogP) is 0.126. The Morgan fingerprint density at radius 2 is 1.94 bits per heavy atom. The number of carboxylic acid groups (broad SMARTS) is 1. The van der Waals surface area contributed by atoms with E-state index >= 15 is 0 Å². The fraction of sp³-hybridized carbons (Fsp3) is 0.778. The molecule has 1 amide bonds. The monoisotopic (exact) mass is 237 g/mol. The number of rotatable bonds is 4. The first-order valence-corrected chi connectivity index (χ1v) is 4.85. The number of nitrogens with one attached hydrogen (secondary N) is 1. The number of hydrogen-bond donors (Lipinski definition) is 3. The van der Waals surface area contributed by atoms with Gasteiger partial charge in [0.15, 0.2) is 0 Å². The summed E-state index contributed by atoms with van der Waals surface area (Å²) in [5.41, 5.74) is -2.32. The van der Waals surface area contributed by atoms with Crippen molar-refractivity contribution in [1.82, 2.24) is 5.32 Å². The standard InChI is InChI=1S/C9H13F2NO4/c1-5(6(13)14)12-7(15)9(10,11)8(16)3-2-4-8/h5,16H,2-4H2,1H3,(H,12,15)(H,13,14)/t5-/m1/s1. The van der Waals surface area contributed by atoms with Crippen molar-refractivity contribution in [1.29, 1.82) is 0 Å². The van der Waals surface area contributed by atoms with Crippen molar-refractivity contribution >= 4 is 11.9 Å². The zero-order chi connectivity index (χ0) is 12.6. The summed E-state index contributed by atoms with van der Waals surface area (Å²) in [4.78, 5) is 21.5. The van der Waals surface area contributed by atoms with Gasteiger partial charge < -0.3 is 15.5 Å². The summed E-state index contributed by atoms with van der Waals surface area (Å²) in [6.07, 6.45) is 0.109. The molecule has 16 heavy (non-hydrogen) atoms. The van der Waals surface area contributed by atoms with Crippen molar-refractivity contribution in [2.24, 2.45) is 0 Å². The summed E-state index contributed by atoms with van der Waals surface area (Å²) in [6, 6.07) is -1.41. The minimum Gasteiger partial charge on any atom is -0.480 e. The Labute approximate surface area is 90.4 Å². The molecule has 1 saturated carbocycles. The quantitative estimate of drug-likeness (QED) is 0.648. The molecule has 0 aromatic carbocycles. The Morgan fingerprint density at radius 3 is 2.25 bits per heavy atom. The number of carbonyl (C=O) groups excluding carboxylic acids is 1. The molecule has 0 saturated heterocycles. The number of amides is 1. The van der Waals surface area contributed by atoms with E-state index < -0.39 is 29.4 Å². The van der Waals surface area contributed by atoms with Crippen molar-refractivity contribution in [3.05, 3.63) is 0 Å². The third-order valence-corrected chi connectivity index (χ3v) is 2.77. The third kappa shape index (κ3) is 1.99. The van der Waals surface area contributed by atoms with Gasteiger partial charge in [0.05, 0.1) is 0 Å². The lowest BCUT2D eigenvalue weighted by atomic mass is 9.75. The van der Waals surface area contributed by atoms with Gasteiger partial charge in [0, 0.05) is 0 Å². The SMILES string of the molecule is C[C@@H](NC(=O)C(F)(F)C1(O)CCC1)C(=O)O. The molecule has 0 bridgehead atoms. The first-order valence-electron chi connectivity index (χ1n) is 4.85. The van der Waals surface area contributed by atoms with Gasteiger partial charge in [0.2, 0.25) is 0 Å². The van der Waals surface area contributed by atoms with Crippen molar-refractivity contribution in [2.45, 2.75) is 43.8 Å². The molecule has 0 aromatic rings. The molecule has 1 atom stereocenters. The Hall–Kier alpha value is -1.24. The highest BCUT2D eigenvalue weighted by atomic mass is 19.3. The van der Waals surface area contributed by atoms with E-state index in [2.05, 4.69) is 0 Å². The van der Waals surface area contributed by atoms with Gasteiger partial charge in [-0.25, -0.2) is 0 Å². The highest BCUT2D eigenvalue weighted by Gasteiger charge is 2.61. The Morgan fingerprint density at radius 1 is 1.44 bits per heavy atom. The minimum absolute atomic E-state index is 0.158. The number of aliphatic carboxylic acids is 1. The minimum atomic E-state index is -3.95. The Bertz CT molecular complexity index is 315. The number of halogens is 2. The van der Waals surface area contributed by atoms with Crippen molar-refractivity contribution < 1.29 is 28.6 Å². The van der Waals surface area contributed by atoms with Crippen LogP contribution in [0.25, 0.3) is 0 Å². The van der Waals surface area contributed by atoms with Crippen molar-refractivity contribution in [3.63, 3.8) is 0 Å². The second-order valence-corrected chi connectivity index (χ2v) is 3.99. The highest BCUT2D eigenvalue weighted by Crippen LogP contribution is 2.44. The smallest absolute Gasteiger partial charge is 0.352 e. The van der Waals surface area contributed by atoms with Crippen molar-refractivity contribution in [2.75, 3.05) is 0 Å². The van der Waals surface area contributed by atoms with E-state index in [0.717, 1.165) is 6.92 Å². The van der Waals surface area contributed by atoms with Gasteiger partial charge in [-0.3, -0.25) is 9.59 Å². The molecular weight excluding hydrogens is 224 g/mol. The average molecular weight is 237 g/mol. The lowest BCUT2D eigenvalue weighted by molar-refractivity contribution is -0.216. The van der Waals surface area contributed by atoms with E-state index in [1.165, 1.54) is 0 Å². The van der Waals surface area contributed by atoms with Gasteiger partial charge in [-0.2, -0.15) is 8.78 Å². The summed E-state index contributed by atoms with van der Waals surface area (Å²) in [5, 5.41) is 19.5. The second-order valence-electron chi connectivity index (χ2n) is 3.99. The van der Waals surface area contributed by atoms with E-state index in [4.69, 9.17) is 5.11 Å². The molecule has 1 aliphatic carbocycles. The normalized spacial score (nSPS) is 20.8. The summed E-state index contributed by atoms with van der Waals surface area (Å²) in [7, 11) is 0. The molecule has 7 heteroatoms. The maximum Gasteiger partial charge on any atom is 0.352 e.